The summed E-state index contributed by atoms with van der Waals surface area (Å²) in [6, 6.07) is 7.66. The van der Waals surface area contributed by atoms with E-state index in [2.05, 4.69) is 10.6 Å². The third-order valence-electron chi connectivity index (χ3n) is 2.24. The van der Waals surface area contributed by atoms with E-state index in [9.17, 15) is 4.79 Å². The Bertz CT molecular complexity index is 353. The smallest absolute Gasteiger partial charge is 0.221 e. The van der Waals surface area contributed by atoms with Crippen LogP contribution in [-0.4, -0.2) is 23.7 Å². The van der Waals surface area contributed by atoms with Gasteiger partial charge in [-0.3, -0.25) is 4.79 Å². The minimum Gasteiger partial charge on any atom is -0.395 e. The third-order valence-corrected chi connectivity index (χ3v) is 2.24. The molecule has 16 heavy (non-hydrogen) atoms. The Kier molecular flexibility index (Phi) is 4.95. The molecule has 0 unspecified atom stereocenters. The van der Waals surface area contributed by atoms with Gasteiger partial charge < -0.3 is 15.7 Å². The zero-order chi connectivity index (χ0) is 12.0. The maximum Gasteiger partial charge on any atom is 0.221 e. The summed E-state index contributed by atoms with van der Waals surface area (Å²) < 4.78 is 0. The fourth-order valence-electron chi connectivity index (χ4n) is 1.33. The SMILES string of the molecule is CC(=O)Nc1ccccc1CN[C@@H](C)CO. The van der Waals surface area contributed by atoms with Crippen LogP contribution < -0.4 is 10.6 Å². The second kappa shape index (κ2) is 6.25. The van der Waals surface area contributed by atoms with Gasteiger partial charge in [0, 0.05) is 25.2 Å². The van der Waals surface area contributed by atoms with Crippen molar-refractivity contribution in [3.63, 3.8) is 0 Å². The van der Waals surface area contributed by atoms with Crippen molar-refractivity contribution < 1.29 is 9.90 Å². The van der Waals surface area contributed by atoms with E-state index >= 15 is 0 Å². The lowest BCUT2D eigenvalue weighted by Gasteiger charge is -2.13. The van der Waals surface area contributed by atoms with E-state index in [1.807, 2.05) is 31.2 Å². The minimum atomic E-state index is -0.0809. The first-order valence-corrected chi connectivity index (χ1v) is 5.33. The Morgan fingerprint density at radius 1 is 1.44 bits per heavy atom. The lowest BCUT2D eigenvalue weighted by atomic mass is 10.1. The van der Waals surface area contributed by atoms with E-state index in [1.165, 1.54) is 6.92 Å². The van der Waals surface area contributed by atoms with Crippen LogP contribution in [0, 0.1) is 0 Å². The van der Waals surface area contributed by atoms with E-state index in [-0.39, 0.29) is 18.6 Å². The molecule has 88 valence electrons. The summed E-state index contributed by atoms with van der Waals surface area (Å²) in [5.41, 5.74) is 1.82. The number of nitrogens with one attached hydrogen (secondary N) is 2. The van der Waals surface area contributed by atoms with Gasteiger partial charge in [0.1, 0.15) is 0 Å². The Hall–Kier alpha value is -1.39. The molecule has 1 aromatic carbocycles. The lowest BCUT2D eigenvalue weighted by molar-refractivity contribution is -0.114. The number of anilines is 1. The van der Waals surface area contributed by atoms with Crippen LogP contribution in [0.2, 0.25) is 0 Å². The number of amides is 1. The molecule has 0 radical (unpaired) electrons. The molecule has 0 heterocycles. The highest BCUT2D eigenvalue weighted by molar-refractivity contribution is 5.89. The molecule has 0 aliphatic heterocycles. The standard InChI is InChI=1S/C12H18N2O2/c1-9(8-15)13-7-11-5-3-4-6-12(11)14-10(2)16/h3-6,9,13,15H,7-8H2,1-2H3,(H,14,16)/t9-/m0/s1. The van der Waals surface area contributed by atoms with Crippen LogP contribution in [0.1, 0.15) is 19.4 Å². The topological polar surface area (TPSA) is 61.4 Å². The largest absolute Gasteiger partial charge is 0.395 e. The molecule has 0 aliphatic rings. The quantitative estimate of drug-likeness (QED) is 0.699. The van der Waals surface area contributed by atoms with Crippen LogP contribution in [-0.2, 0) is 11.3 Å². The number of hydrogen-bond donors (Lipinski definition) is 3. The van der Waals surface area contributed by atoms with Crippen LogP contribution in [0.5, 0.6) is 0 Å². The number of carbonyl (C=O) groups is 1. The Morgan fingerprint density at radius 3 is 2.75 bits per heavy atom. The van der Waals surface area contributed by atoms with Crippen molar-refractivity contribution in [3.8, 4) is 0 Å². The van der Waals surface area contributed by atoms with Crippen molar-refractivity contribution in [2.24, 2.45) is 0 Å². The van der Waals surface area contributed by atoms with Crippen molar-refractivity contribution in [3.05, 3.63) is 29.8 Å². The fourth-order valence-corrected chi connectivity index (χ4v) is 1.33. The molecule has 1 amide bonds. The van der Waals surface area contributed by atoms with Gasteiger partial charge in [0.2, 0.25) is 5.91 Å². The first-order chi connectivity index (χ1) is 7.63. The second-order valence-corrected chi connectivity index (χ2v) is 3.80. The van der Waals surface area contributed by atoms with Gasteiger partial charge in [-0.05, 0) is 18.6 Å². The molecule has 0 aliphatic carbocycles. The van der Waals surface area contributed by atoms with Crippen LogP contribution in [0.3, 0.4) is 0 Å². The molecule has 0 aromatic heterocycles. The number of hydrogen-bond acceptors (Lipinski definition) is 3. The molecular weight excluding hydrogens is 204 g/mol. The van der Waals surface area contributed by atoms with E-state index in [0.717, 1.165) is 11.3 Å². The average Bonchev–Trinajstić information content (AvgIpc) is 2.26. The van der Waals surface area contributed by atoms with Gasteiger partial charge in [0.15, 0.2) is 0 Å². The molecular formula is C12H18N2O2. The van der Waals surface area contributed by atoms with E-state index < -0.39 is 0 Å². The Morgan fingerprint density at radius 2 is 2.12 bits per heavy atom. The van der Waals surface area contributed by atoms with Gasteiger partial charge in [-0.25, -0.2) is 0 Å². The normalized spacial score (nSPS) is 12.2. The monoisotopic (exact) mass is 222 g/mol. The number of para-hydroxylation sites is 1. The summed E-state index contributed by atoms with van der Waals surface area (Å²) >= 11 is 0. The van der Waals surface area contributed by atoms with Gasteiger partial charge >= 0.3 is 0 Å². The highest BCUT2D eigenvalue weighted by Gasteiger charge is 2.04. The highest BCUT2D eigenvalue weighted by atomic mass is 16.3. The molecule has 0 saturated heterocycles. The van der Waals surface area contributed by atoms with E-state index in [1.54, 1.807) is 0 Å². The highest BCUT2D eigenvalue weighted by Crippen LogP contribution is 2.14. The zero-order valence-electron chi connectivity index (χ0n) is 9.66. The lowest BCUT2D eigenvalue weighted by Crippen LogP contribution is -2.29. The molecule has 0 spiro atoms. The van der Waals surface area contributed by atoms with Gasteiger partial charge in [0.05, 0.1) is 6.61 Å². The van der Waals surface area contributed by atoms with Gasteiger partial charge in [-0.15, -0.1) is 0 Å². The summed E-state index contributed by atoms with van der Waals surface area (Å²) in [5, 5.41) is 14.8. The molecule has 0 bridgehead atoms. The average molecular weight is 222 g/mol. The Labute approximate surface area is 95.7 Å². The molecule has 3 N–H and O–H groups in total. The van der Waals surface area contributed by atoms with Gasteiger partial charge in [0.25, 0.3) is 0 Å². The molecule has 4 heteroatoms. The molecule has 1 atom stereocenters. The van der Waals surface area contributed by atoms with Gasteiger partial charge in [-0.1, -0.05) is 18.2 Å². The van der Waals surface area contributed by atoms with Crippen molar-refractivity contribution in [2.45, 2.75) is 26.4 Å². The number of rotatable bonds is 5. The maximum atomic E-state index is 11.0. The number of aliphatic hydroxyl groups is 1. The summed E-state index contributed by atoms with van der Waals surface area (Å²) in [7, 11) is 0. The van der Waals surface area contributed by atoms with Crippen molar-refractivity contribution >= 4 is 11.6 Å². The summed E-state index contributed by atoms with van der Waals surface area (Å²) in [6.07, 6.45) is 0. The van der Waals surface area contributed by atoms with Crippen molar-refractivity contribution in [2.75, 3.05) is 11.9 Å². The summed E-state index contributed by atoms with van der Waals surface area (Å²) in [5.74, 6) is -0.0809. The third kappa shape index (κ3) is 4.00. The van der Waals surface area contributed by atoms with Crippen LogP contribution in [0.4, 0.5) is 5.69 Å². The first kappa shape index (κ1) is 12.7. The second-order valence-electron chi connectivity index (χ2n) is 3.80. The molecule has 0 saturated carbocycles. The molecule has 4 nitrogen and oxygen atoms in total. The summed E-state index contributed by atoms with van der Waals surface area (Å²) in [6.45, 7) is 4.11. The van der Waals surface area contributed by atoms with Gasteiger partial charge in [-0.2, -0.15) is 0 Å². The minimum absolute atomic E-state index is 0.0467. The van der Waals surface area contributed by atoms with Crippen LogP contribution in [0.15, 0.2) is 24.3 Å². The predicted molar refractivity (Wildman–Crippen MR) is 64.1 cm³/mol. The summed E-state index contributed by atoms with van der Waals surface area (Å²) in [4.78, 5) is 11.0. The fraction of sp³-hybridized carbons (Fsp3) is 0.417. The maximum absolute atomic E-state index is 11.0. The zero-order valence-corrected chi connectivity index (χ0v) is 9.66. The number of aliphatic hydroxyl groups excluding tert-OH is 1. The predicted octanol–water partition coefficient (Wildman–Crippen LogP) is 1.12. The number of benzene rings is 1. The Balaban J connectivity index is 2.67. The van der Waals surface area contributed by atoms with E-state index in [0.29, 0.717) is 6.54 Å². The molecule has 1 aromatic rings. The van der Waals surface area contributed by atoms with Crippen LogP contribution >= 0.6 is 0 Å². The molecule has 0 fully saturated rings. The van der Waals surface area contributed by atoms with E-state index in [4.69, 9.17) is 5.11 Å². The van der Waals surface area contributed by atoms with Crippen molar-refractivity contribution in [1.82, 2.24) is 5.32 Å². The first-order valence-electron chi connectivity index (χ1n) is 5.33. The molecule has 1 rings (SSSR count). The van der Waals surface area contributed by atoms with Crippen LogP contribution in [0.25, 0.3) is 0 Å². The number of carbonyl (C=O) groups excluding carboxylic acids is 1. The van der Waals surface area contributed by atoms with Crippen molar-refractivity contribution in [1.29, 1.82) is 0 Å².